The summed E-state index contributed by atoms with van der Waals surface area (Å²) in [7, 11) is 1.73. The first-order valence-corrected chi connectivity index (χ1v) is 10.7. The van der Waals surface area contributed by atoms with Gasteiger partial charge in [0, 0.05) is 19.6 Å². The highest BCUT2D eigenvalue weighted by Crippen LogP contribution is 2.55. The second kappa shape index (κ2) is 10.8. The second-order valence-corrected chi connectivity index (χ2v) is 8.21. The number of allylic oxidation sites excluding steroid dienone is 8. The molecule has 0 aromatic heterocycles. The predicted molar refractivity (Wildman–Crippen MR) is 118 cm³/mol. The summed E-state index contributed by atoms with van der Waals surface area (Å²) >= 11 is 0. The molecule has 0 amide bonds. The molecule has 6 nitrogen and oxygen atoms in total. The number of carbonyl (C=O) groups is 1. The molecule has 1 N–H and O–H groups in total. The molecule has 31 heavy (non-hydrogen) atoms. The average Bonchev–Trinajstić information content (AvgIpc) is 3.65. The Morgan fingerprint density at radius 2 is 1.90 bits per heavy atom. The molecular formula is C25H32O6. The number of hydrogen-bond donors (Lipinski definition) is 1. The molecule has 3 rings (SSSR count). The minimum atomic E-state index is -0.960. The Balaban J connectivity index is 1.52. The van der Waals surface area contributed by atoms with Crippen molar-refractivity contribution in [3.05, 3.63) is 71.8 Å². The van der Waals surface area contributed by atoms with Crippen molar-refractivity contribution in [1.29, 1.82) is 0 Å². The van der Waals surface area contributed by atoms with Crippen molar-refractivity contribution >= 4 is 5.97 Å². The molecular weight excluding hydrogens is 396 g/mol. The maximum absolute atomic E-state index is 10.4. The van der Waals surface area contributed by atoms with E-state index in [-0.39, 0.29) is 23.7 Å². The zero-order valence-electron chi connectivity index (χ0n) is 18.5. The second-order valence-electron chi connectivity index (χ2n) is 8.21. The standard InChI is InChI=1S/C25H32O6/c1-18(2)12-13-20-24(31-20)22-23(28-3)19(14-15-25(22)17-30-25)29-16-10-8-6-4-5-7-9-11-21(26)27/h4-12,19,22-23H,13-17H2,1-3H3,(H,26,27)/b6-4+,7-5+,10-8+,11-9+/t19?,22-,23?,25-/m0/s1. The van der Waals surface area contributed by atoms with Crippen molar-refractivity contribution in [1.82, 2.24) is 0 Å². The van der Waals surface area contributed by atoms with E-state index in [1.165, 1.54) is 11.6 Å². The van der Waals surface area contributed by atoms with Crippen LogP contribution in [0.3, 0.4) is 0 Å². The number of aliphatic carboxylic acids is 1. The summed E-state index contributed by atoms with van der Waals surface area (Å²) in [4.78, 5) is 10.4. The van der Waals surface area contributed by atoms with Gasteiger partial charge in [-0.05, 0) is 26.7 Å². The van der Waals surface area contributed by atoms with E-state index in [0.717, 1.165) is 43.5 Å². The Bertz CT molecular complexity index is 821. The number of carboxylic acid groups (broad SMARTS) is 1. The van der Waals surface area contributed by atoms with Crippen LogP contribution in [-0.2, 0) is 23.7 Å². The lowest BCUT2D eigenvalue weighted by Crippen LogP contribution is -2.49. The third-order valence-corrected chi connectivity index (χ3v) is 5.68. The Morgan fingerprint density at radius 3 is 2.55 bits per heavy atom. The van der Waals surface area contributed by atoms with Gasteiger partial charge in [0.15, 0.2) is 5.76 Å². The van der Waals surface area contributed by atoms with Crippen LogP contribution >= 0.6 is 0 Å². The Labute approximate surface area is 184 Å². The maximum atomic E-state index is 10.4. The van der Waals surface area contributed by atoms with Gasteiger partial charge >= 0.3 is 5.97 Å². The van der Waals surface area contributed by atoms with Crippen LogP contribution in [0, 0.1) is 5.92 Å². The minimum absolute atomic E-state index is 0.0130. The van der Waals surface area contributed by atoms with Gasteiger partial charge in [0.05, 0.1) is 31.3 Å². The van der Waals surface area contributed by atoms with Crippen LogP contribution < -0.4 is 0 Å². The number of methoxy groups -OCH3 is 1. The molecule has 1 saturated carbocycles. The first-order chi connectivity index (χ1) is 15.0. The predicted octanol–water partition coefficient (Wildman–Crippen LogP) is 4.47. The van der Waals surface area contributed by atoms with Crippen LogP contribution in [0.2, 0.25) is 0 Å². The summed E-state index contributed by atoms with van der Waals surface area (Å²) in [5.41, 5.74) is 1.13. The van der Waals surface area contributed by atoms with Crippen LogP contribution in [0.15, 0.2) is 71.8 Å². The van der Waals surface area contributed by atoms with Gasteiger partial charge in [0.2, 0.25) is 0 Å². The highest BCUT2D eigenvalue weighted by molar-refractivity contribution is 5.80. The molecule has 3 aliphatic rings. The molecule has 6 heteroatoms. The van der Waals surface area contributed by atoms with Gasteiger partial charge in [-0.2, -0.15) is 0 Å². The summed E-state index contributed by atoms with van der Waals surface area (Å²) in [5, 5.41) is 8.50. The van der Waals surface area contributed by atoms with Crippen molar-refractivity contribution in [2.75, 3.05) is 20.3 Å². The van der Waals surface area contributed by atoms with Gasteiger partial charge in [0.25, 0.3) is 0 Å². The lowest BCUT2D eigenvalue weighted by Gasteiger charge is -2.38. The lowest BCUT2D eigenvalue weighted by atomic mass is 9.75. The number of epoxide rings is 1. The molecule has 1 spiro atoms. The fraction of sp³-hybridized carbons (Fsp3) is 0.480. The fourth-order valence-corrected chi connectivity index (χ4v) is 3.98. The molecule has 0 aromatic carbocycles. The van der Waals surface area contributed by atoms with Crippen LogP contribution in [0.4, 0.5) is 0 Å². The van der Waals surface area contributed by atoms with E-state index in [9.17, 15) is 4.79 Å². The van der Waals surface area contributed by atoms with Crippen molar-refractivity contribution in [2.45, 2.75) is 50.9 Å². The smallest absolute Gasteiger partial charge is 0.328 e. The average molecular weight is 429 g/mol. The topological polar surface area (TPSA) is 80.8 Å². The zero-order valence-corrected chi connectivity index (χ0v) is 18.5. The summed E-state index contributed by atoms with van der Waals surface area (Å²) in [6, 6.07) is 0. The minimum Gasteiger partial charge on any atom is -0.478 e. The Kier molecular flexibility index (Phi) is 8.07. The Hall–Kier alpha value is -2.41. The molecule has 4 atom stereocenters. The van der Waals surface area contributed by atoms with Gasteiger partial charge < -0.3 is 24.1 Å². The molecule has 168 valence electrons. The summed E-state index contributed by atoms with van der Waals surface area (Å²) in [6.45, 7) is 5.42. The molecule has 2 unspecified atom stereocenters. The molecule has 0 bridgehead atoms. The van der Waals surface area contributed by atoms with Gasteiger partial charge in [-0.3, -0.25) is 0 Å². The lowest BCUT2D eigenvalue weighted by molar-refractivity contribution is -0.131. The number of rotatable bonds is 11. The van der Waals surface area contributed by atoms with Gasteiger partial charge in [-0.1, -0.05) is 54.2 Å². The van der Waals surface area contributed by atoms with Crippen molar-refractivity contribution in [3.8, 4) is 0 Å². The van der Waals surface area contributed by atoms with E-state index in [4.69, 9.17) is 24.1 Å². The highest BCUT2D eigenvalue weighted by atomic mass is 16.6. The number of hydrogen-bond acceptors (Lipinski definition) is 5. The van der Waals surface area contributed by atoms with Gasteiger partial charge in [-0.25, -0.2) is 4.79 Å². The largest absolute Gasteiger partial charge is 0.478 e. The molecule has 0 radical (unpaired) electrons. The van der Waals surface area contributed by atoms with E-state index in [1.807, 2.05) is 24.3 Å². The highest BCUT2D eigenvalue weighted by Gasteiger charge is 2.63. The molecule has 0 aromatic rings. The molecule has 1 saturated heterocycles. The SMILES string of the molecule is COC1C(OC/C=C/C=C/C=C/C=C/C(=O)O)CC[C@]2(CO2)[C@@H]1C1=C(CC=C(C)C)O1. The summed E-state index contributed by atoms with van der Waals surface area (Å²) < 4.78 is 23.8. The molecule has 2 heterocycles. The van der Waals surface area contributed by atoms with E-state index >= 15 is 0 Å². The Morgan fingerprint density at radius 1 is 1.19 bits per heavy atom. The maximum Gasteiger partial charge on any atom is 0.328 e. The van der Waals surface area contributed by atoms with E-state index in [2.05, 4.69) is 19.9 Å². The molecule has 2 aliphatic heterocycles. The quantitative estimate of drug-likeness (QED) is 0.226. The van der Waals surface area contributed by atoms with Crippen molar-refractivity contribution in [2.24, 2.45) is 5.92 Å². The van der Waals surface area contributed by atoms with E-state index in [1.54, 1.807) is 19.3 Å². The van der Waals surface area contributed by atoms with Gasteiger partial charge in [-0.15, -0.1) is 0 Å². The monoisotopic (exact) mass is 428 g/mol. The first kappa shape index (κ1) is 23.3. The number of ether oxygens (including phenoxy) is 4. The van der Waals surface area contributed by atoms with Crippen LogP contribution in [0.5, 0.6) is 0 Å². The zero-order chi connectivity index (χ0) is 22.3. The molecule has 1 aliphatic carbocycles. The van der Waals surface area contributed by atoms with Crippen molar-refractivity contribution < 1.29 is 28.8 Å². The van der Waals surface area contributed by atoms with Crippen LogP contribution in [0.25, 0.3) is 0 Å². The molecule has 2 fully saturated rings. The van der Waals surface area contributed by atoms with E-state index in [0.29, 0.717) is 6.61 Å². The normalized spacial score (nSPS) is 30.1. The summed E-state index contributed by atoms with van der Waals surface area (Å²) in [5.74, 6) is 1.19. The fourth-order valence-electron chi connectivity index (χ4n) is 3.98. The summed E-state index contributed by atoms with van der Waals surface area (Å²) in [6.07, 6.45) is 18.3. The third kappa shape index (κ3) is 6.53. The third-order valence-electron chi connectivity index (χ3n) is 5.68. The van der Waals surface area contributed by atoms with Crippen LogP contribution in [0.1, 0.15) is 33.1 Å². The van der Waals surface area contributed by atoms with Crippen LogP contribution in [-0.4, -0.2) is 49.2 Å². The van der Waals surface area contributed by atoms with Gasteiger partial charge in [0.1, 0.15) is 11.4 Å². The van der Waals surface area contributed by atoms with E-state index < -0.39 is 5.97 Å². The van der Waals surface area contributed by atoms with Crippen molar-refractivity contribution in [3.63, 3.8) is 0 Å². The first-order valence-electron chi connectivity index (χ1n) is 10.7. The number of carboxylic acids is 1.